The number of rotatable bonds is 4. The summed E-state index contributed by atoms with van der Waals surface area (Å²) >= 11 is 0. The number of nitrogens with two attached hydrogens (primary N) is 1. The predicted octanol–water partition coefficient (Wildman–Crippen LogP) is 1.97. The van der Waals surface area contributed by atoms with Gasteiger partial charge in [-0.25, -0.2) is 9.97 Å². The summed E-state index contributed by atoms with van der Waals surface area (Å²) in [5.74, 6) is 1.22. The van der Waals surface area contributed by atoms with Crippen molar-refractivity contribution in [1.29, 1.82) is 0 Å². The van der Waals surface area contributed by atoms with Crippen molar-refractivity contribution in [1.82, 2.24) is 9.97 Å². The van der Waals surface area contributed by atoms with E-state index in [2.05, 4.69) is 23.8 Å². The predicted molar refractivity (Wildman–Crippen MR) is 56.3 cm³/mol. The van der Waals surface area contributed by atoms with Crippen molar-refractivity contribution in [3.8, 4) is 5.88 Å². The molecule has 0 saturated heterocycles. The maximum Gasteiger partial charge on any atom is 0.257 e. The molecular weight excluding hydrogens is 178 g/mol. The van der Waals surface area contributed by atoms with Crippen LogP contribution >= 0.6 is 0 Å². The molecule has 0 aliphatic carbocycles. The molecule has 0 saturated carbocycles. The zero-order chi connectivity index (χ0) is 10.6. The number of ether oxygens (including phenoxy) is 1. The average Bonchev–Trinajstić information content (AvgIpc) is 2.22. The summed E-state index contributed by atoms with van der Waals surface area (Å²) in [7, 11) is 1.55. The Balaban J connectivity index is 2.98. The van der Waals surface area contributed by atoms with E-state index in [1.165, 1.54) is 0 Å². The van der Waals surface area contributed by atoms with Gasteiger partial charge in [0.25, 0.3) is 5.88 Å². The lowest BCUT2D eigenvalue weighted by atomic mass is 10.0. The van der Waals surface area contributed by atoms with Crippen molar-refractivity contribution >= 4 is 5.82 Å². The molecule has 1 rings (SSSR count). The first kappa shape index (κ1) is 10.8. The first-order valence-corrected chi connectivity index (χ1v) is 4.89. The second-order valence-corrected chi connectivity index (χ2v) is 3.20. The normalized spacial score (nSPS) is 10.6. The molecule has 78 valence electrons. The molecule has 1 aromatic heterocycles. The monoisotopic (exact) mass is 195 g/mol. The highest BCUT2D eigenvalue weighted by molar-refractivity contribution is 5.40. The minimum atomic E-state index is 0.349. The molecule has 0 atom stereocenters. The zero-order valence-corrected chi connectivity index (χ0v) is 8.95. The molecule has 1 heterocycles. The van der Waals surface area contributed by atoms with Crippen LogP contribution in [0.2, 0.25) is 0 Å². The molecule has 0 spiro atoms. The van der Waals surface area contributed by atoms with E-state index in [0.717, 1.165) is 18.5 Å². The lowest BCUT2D eigenvalue weighted by molar-refractivity contribution is 0.394. The van der Waals surface area contributed by atoms with Crippen LogP contribution < -0.4 is 10.5 Å². The maximum atomic E-state index is 5.58. The molecule has 0 radical (unpaired) electrons. The molecule has 4 heteroatoms. The van der Waals surface area contributed by atoms with E-state index < -0.39 is 0 Å². The Morgan fingerprint density at radius 2 is 2.07 bits per heavy atom. The van der Waals surface area contributed by atoms with E-state index in [9.17, 15) is 0 Å². The summed E-state index contributed by atoms with van der Waals surface area (Å²) < 4.78 is 5.03. The van der Waals surface area contributed by atoms with Crippen LogP contribution in [0.3, 0.4) is 0 Å². The van der Waals surface area contributed by atoms with Gasteiger partial charge in [0.2, 0.25) is 0 Å². The Hall–Kier alpha value is -1.32. The standard InChI is InChI=1S/C10H17N3O/c1-4-7(5-2)8-6-12-9(11)10(13-8)14-3/h6-7H,4-5H2,1-3H3,(H2,11,12). The molecule has 0 bridgehead atoms. The van der Waals surface area contributed by atoms with Gasteiger partial charge in [0.05, 0.1) is 19.0 Å². The summed E-state index contributed by atoms with van der Waals surface area (Å²) in [4.78, 5) is 8.38. The number of anilines is 1. The highest BCUT2D eigenvalue weighted by Gasteiger charge is 2.11. The van der Waals surface area contributed by atoms with Crippen LogP contribution in [-0.2, 0) is 0 Å². The molecule has 0 aliphatic rings. The lowest BCUT2D eigenvalue weighted by Crippen LogP contribution is -2.05. The molecule has 0 fully saturated rings. The molecule has 0 amide bonds. The maximum absolute atomic E-state index is 5.58. The third kappa shape index (κ3) is 2.13. The van der Waals surface area contributed by atoms with Gasteiger partial charge in [-0.15, -0.1) is 0 Å². The second-order valence-electron chi connectivity index (χ2n) is 3.20. The zero-order valence-electron chi connectivity index (χ0n) is 8.95. The van der Waals surface area contributed by atoms with E-state index in [-0.39, 0.29) is 0 Å². The molecule has 4 nitrogen and oxygen atoms in total. The highest BCUT2D eigenvalue weighted by Crippen LogP contribution is 2.24. The summed E-state index contributed by atoms with van der Waals surface area (Å²) in [5, 5.41) is 0. The van der Waals surface area contributed by atoms with E-state index in [1.807, 2.05) is 0 Å². The van der Waals surface area contributed by atoms with Crippen LogP contribution in [0.15, 0.2) is 6.20 Å². The fourth-order valence-corrected chi connectivity index (χ4v) is 1.45. The molecule has 1 aromatic rings. The molecular formula is C10H17N3O. The van der Waals surface area contributed by atoms with Crippen LogP contribution in [0.4, 0.5) is 5.82 Å². The van der Waals surface area contributed by atoms with E-state index >= 15 is 0 Å². The number of hydrogen-bond acceptors (Lipinski definition) is 4. The van der Waals surface area contributed by atoms with Gasteiger partial charge in [-0.2, -0.15) is 0 Å². The Labute approximate surface area is 84.5 Å². The minimum Gasteiger partial charge on any atom is -0.478 e. The van der Waals surface area contributed by atoms with Crippen LogP contribution in [0.1, 0.15) is 38.3 Å². The third-order valence-electron chi connectivity index (χ3n) is 2.38. The molecule has 0 aromatic carbocycles. The van der Waals surface area contributed by atoms with Gasteiger partial charge in [0.15, 0.2) is 5.82 Å². The van der Waals surface area contributed by atoms with E-state index in [1.54, 1.807) is 13.3 Å². The number of nitrogens with zero attached hydrogens (tertiary/aromatic N) is 2. The first-order valence-electron chi connectivity index (χ1n) is 4.89. The van der Waals surface area contributed by atoms with Gasteiger partial charge in [-0.1, -0.05) is 13.8 Å². The SMILES string of the molecule is CCC(CC)c1cnc(N)c(OC)n1. The fourth-order valence-electron chi connectivity index (χ4n) is 1.45. The summed E-state index contributed by atoms with van der Waals surface area (Å²) in [6.45, 7) is 4.28. The topological polar surface area (TPSA) is 61.0 Å². The molecule has 0 unspecified atom stereocenters. The Kier molecular flexibility index (Phi) is 3.68. The summed E-state index contributed by atoms with van der Waals surface area (Å²) in [5.41, 5.74) is 6.54. The van der Waals surface area contributed by atoms with Gasteiger partial charge in [0, 0.05) is 5.92 Å². The van der Waals surface area contributed by atoms with Gasteiger partial charge in [-0.05, 0) is 12.8 Å². The van der Waals surface area contributed by atoms with Crippen molar-refractivity contribution in [3.63, 3.8) is 0 Å². The minimum absolute atomic E-state index is 0.349. The van der Waals surface area contributed by atoms with Crippen molar-refractivity contribution in [2.24, 2.45) is 0 Å². The van der Waals surface area contributed by atoms with Crippen molar-refractivity contribution in [2.45, 2.75) is 32.6 Å². The average molecular weight is 195 g/mol. The van der Waals surface area contributed by atoms with Crippen molar-refractivity contribution < 1.29 is 4.74 Å². The van der Waals surface area contributed by atoms with Crippen LogP contribution in [0.25, 0.3) is 0 Å². The molecule has 2 N–H and O–H groups in total. The van der Waals surface area contributed by atoms with Gasteiger partial charge in [0.1, 0.15) is 0 Å². The second kappa shape index (κ2) is 4.79. The van der Waals surface area contributed by atoms with Crippen molar-refractivity contribution in [2.75, 3.05) is 12.8 Å². The van der Waals surface area contributed by atoms with E-state index in [4.69, 9.17) is 10.5 Å². The summed E-state index contributed by atoms with van der Waals surface area (Å²) in [6, 6.07) is 0. The largest absolute Gasteiger partial charge is 0.478 e. The number of nitrogen functional groups attached to an aromatic ring is 1. The van der Waals surface area contributed by atoms with Gasteiger partial charge < -0.3 is 10.5 Å². The van der Waals surface area contributed by atoms with Gasteiger partial charge in [-0.3, -0.25) is 0 Å². The number of hydrogen-bond donors (Lipinski definition) is 1. The van der Waals surface area contributed by atoms with Crippen molar-refractivity contribution in [3.05, 3.63) is 11.9 Å². The van der Waals surface area contributed by atoms with Crippen LogP contribution in [0.5, 0.6) is 5.88 Å². The quantitative estimate of drug-likeness (QED) is 0.797. The Morgan fingerprint density at radius 3 is 2.57 bits per heavy atom. The van der Waals surface area contributed by atoms with Crippen LogP contribution in [0, 0.1) is 0 Å². The third-order valence-corrected chi connectivity index (χ3v) is 2.38. The number of methoxy groups -OCH3 is 1. The van der Waals surface area contributed by atoms with Gasteiger partial charge >= 0.3 is 0 Å². The number of aromatic nitrogens is 2. The molecule has 14 heavy (non-hydrogen) atoms. The molecule has 0 aliphatic heterocycles. The fraction of sp³-hybridized carbons (Fsp3) is 0.600. The smallest absolute Gasteiger partial charge is 0.257 e. The summed E-state index contributed by atoms with van der Waals surface area (Å²) in [6.07, 6.45) is 3.84. The Bertz CT molecular complexity index is 297. The first-order chi connectivity index (χ1) is 6.72. The van der Waals surface area contributed by atoms with E-state index in [0.29, 0.717) is 17.6 Å². The highest BCUT2D eigenvalue weighted by atomic mass is 16.5. The lowest BCUT2D eigenvalue weighted by Gasteiger charge is -2.12. The van der Waals surface area contributed by atoms with Crippen LogP contribution in [-0.4, -0.2) is 17.1 Å². The Morgan fingerprint density at radius 1 is 1.43 bits per heavy atom.